The van der Waals surface area contributed by atoms with E-state index in [1.807, 2.05) is 23.1 Å². The van der Waals surface area contributed by atoms with Crippen LogP contribution >= 0.6 is 0 Å². The van der Waals surface area contributed by atoms with Gasteiger partial charge >= 0.3 is 0 Å². The number of likely N-dealkylation sites (tertiary alicyclic amines) is 1. The van der Waals surface area contributed by atoms with Gasteiger partial charge in [0.25, 0.3) is 0 Å². The van der Waals surface area contributed by atoms with Crippen molar-refractivity contribution in [1.29, 1.82) is 0 Å². The van der Waals surface area contributed by atoms with Crippen molar-refractivity contribution in [2.75, 3.05) is 39.9 Å². The number of nitrogens with zero attached hydrogens (tertiary/aromatic N) is 2. The van der Waals surface area contributed by atoms with Crippen LogP contribution in [0.1, 0.15) is 31.2 Å². The van der Waals surface area contributed by atoms with Gasteiger partial charge in [0.15, 0.2) is 0 Å². The van der Waals surface area contributed by atoms with Crippen molar-refractivity contribution in [2.24, 2.45) is 0 Å². The molecule has 0 bridgehead atoms. The quantitative estimate of drug-likeness (QED) is 0.792. The number of ether oxygens (including phenoxy) is 1. The highest BCUT2D eigenvalue weighted by Crippen LogP contribution is 2.27. The molecule has 1 fully saturated rings. The van der Waals surface area contributed by atoms with Crippen LogP contribution in [0, 0.1) is 0 Å². The molecular formula is C21H30N2O3. The highest BCUT2D eigenvalue weighted by Gasteiger charge is 2.36. The monoisotopic (exact) mass is 358 g/mol. The van der Waals surface area contributed by atoms with Gasteiger partial charge in [0, 0.05) is 33.3 Å². The van der Waals surface area contributed by atoms with Crippen LogP contribution in [-0.4, -0.2) is 66.3 Å². The summed E-state index contributed by atoms with van der Waals surface area (Å²) in [5.41, 5.74) is 1.58. The van der Waals surface area contributed by atoms with Crippen LogP contribution in [-0.2, 0) is 16.1 Å². The van der Waals surface area contributed by atoms with Gasteiger partial charge in [-0.05, 0) is 36.9 Å². The second-order valence-corrected chi connectivity index (χ2v) is 7.59. The number of hydrogen-bond donors (Lipinski definition) is 1. The Morgan fingerprint density at radius 1 is 1.27 bits per heavy atom. The first kappa shape index (κ1) is 19.1. The lowest BCUT2D eigenvalue weighted by molar-refractivity contribution is -0.138. The second-order valence-electron chi connectivity index (χ2n) is 7.59. The third-order valence-corrected chi connectivity index (χ3v) is 5.35. The van der Waals surface area contributed by atoms with Gasteiger partial charge in [-0.1, -0.05) is 36.4 Å². The Labute approximate surface area is 156 Å². The maximum absolute atomic E-state index is 12.7. The summed E-state index contributed by atoms with van der Waals surface area (Å²) in [5.74, 6) is 0.0572. The summed E-state index contributed by atoms with van der Waals surface area (Å²) >= 11 is 0. The first-order valence-electron chi connectivity index (χ1n) is 9.51. The minimum Gasteiger partial charge on any atom is -0.388 e. The van der Waals surface area contributed by atoms with E-state index in [-0.39, 0.29) is 12.3 Å². The SMILES string of the molecule is COCC1=CCN(C(=O)CC2(O)CCCN(Cc3ccccc3)C2)CC1. The largest absolute Gasteiger partial charge is 0.388 e. The van der Waals surface area contributed by atoms with E-state index in [0.717, 1.165) is 32.5 Å². The lowest BCUT2D eigenvalue weighted by atomic mass is 9.88. The summed E-state index contributed by atoms with van der Waals surface area (Å²) in [6.07, 6.45) is 4.78. The third-order valence-electron chi connectivity index (χ3n) is 5.35. The summed E-state index contributed by atoms with van der Waals surface area (Å²) in [5, 5.41) is 11.0. The molecule has 1 saturated heterocycles. The number of β-amino-alcohol motifs (C(OH)–C–C–N with tert-alkyl or cyclic N) is 1. The van der Waals surface area contributed by atoms with Crippen molar-refractivity contribution in [2.45, 2.75) is 37.8 Å². The molecule has 2 aliphatic rings. The molecule has 3 rings (SSSR count). The molecule has 0 spiro atoms. The summed E-state index contributed by atoms with van der Waals surface area (Å²) in [6, 6.07) is 10.3. The number of carbonyl (C=O) groups is 1. The number of methoxy groups -OCH3 is 1. The van der Waals surface area contributed by atoms with Gasteiger partial charge in [-0.2, -0.15) is 0 Å². The van der Waals surface area contributed by atoms with Crippen LogP contribution in [0.25, 0.3) is 0 Å². The molecule has 2 aliphatic heterocycles. The number of piperidine rings is 1. The molecule has 1 unspecified atom stereocenters. The number of carbonyl (C=O) groups excluding carboxylic acids is 1. The fraction of sp³-hybridized carbons (Fsp3) is 0.571. The molecule has 0 aromatic heterocycles. The smallest absolute Gasteiger partial charge is 0.225 e. The fourth-order valence-corrected chi connectivity index (χ4v) is 3.97. The molecule has 1 N–H and O–H groups in total. The summed E-state index contributed by atoms with van der Waals surface area (Å²) in [7, 11) is 1.69. The van der Waals surface area contributed by atoms with Crippen LogP contribution in [0.4, 0.5) is 0 Å². The molecular weight excluding hydrogens is 328 g/mol. The molecule has 1 amide bonds. The van der Waals surface area contributed by atoms with Gasteiger partial charge in [-0.25, -0.2) is 0 Å². The maximum Gasteiger partial charge on any atom is 0.225 e. The van der Waals surface area contributed by atoms with Crippen LogP contribution in [0.15, 0.2) is 42.0 Å². The Morgan fingerprint density at radius 2 is 2.08 bits per heavy atom. The minimum absolute atomic E-state index is 0.0572. The highest BCUT2D eigenvalue weighted by atomic mass is 16.5. The predicted octanol–water partition coefficient (Wildman–Crippen LogP) is 2.21. The number of aliphatic hydroxyl groups is 1. The van der Waals surface area contributed by atoms with Gasteiger partial charge in [0.2, 0.25) is 5.91 Å². The molecule has 1 aromatic carbocycles. The van der Waals surface area contributed by atoms with Crippen molar-refractivity contribution in [3.05, 3.63) is 47.5 Å². The molecule has 2 heterocycles. The summed E-state index contributed by atoms with van der Waals surface area (Å²) in [4.78, 5) is 16.8. The lowest BCUT2D eigenvalue weighted by Crippen LogP contribution is -2.51. The standard InChI is InChI=1S/C21H30N2O3/c1-26-16-19-8-12-23(13-9-19)20(24)14-21(25)10-5-11-22(17-21)15-18-6-3-2-4-7-18/h2-4,6-8,25H,5,9-17H2,1H3. The predicted molar refractivity (Wildman–Crippen MR) is 102 cm³/mol. The third kappa shape index (κ3) is 5.16. The van der Waals surface area contributed by atoms with E-state index in [1.54, 1.807) is 7.11 Å². The molecule has 142 valence electrons. The van der Waals surface area contributed by atoms with E-state index >= 15 is 0 Å². The van der Waals surface area contributed by atoms with Crippen LogP contribution in [0.2, 0.25) is 0 Å². The van der Waals surface area contributed by atoms with Gasteiger partial charge in [-0.15, -0.1) is 0 Å². The summed E-state index contributed by atoms with van der Waals surface area (Å²) < 4.78 is 5.16. The zero-order chi connectivity index (χ0) is 18.4. The number of rotatable bonds is 6. The minimum atomic E-state index is -0.916. The normalized spacial score (nSPS) is 24.4. The molecule has 1 aromatic rings. The summed E-state index contributed by atoms with van der Waals surface area (Å²) in [6.45, 7) is 4.34. The first-order valence-corrected chi connectivity index (χ1v) is 9.51. The van der Waals surface area contributed by atoms with E-state index in [1.165, 1.54) is 11.1 Å². The molecule has 5 nitrogen and oxygen atoms in total. The Hall–Kier alpha value is -1.69. The topological polar surface area (TPSA) is 53.0 Å². The van der Waals surface area contributed by atoms with Crippen molar-refractivity contribution in [3.63, 3.8) is 0 Å². The Kier molecular flexibility index (Phi) is 6.46. The Bertz CT molecular complexity index is 631. The van der Waals surface area contributed by atoms with Crippen molar-refractivity contribution in [3.8, 4) is 0 Å². The molecule has 0 radical (unpaired) electrons. The van der Waals surface area contributed by atoms with Crippen LogP contribution in [0.5, 0.6) is 0 Å². The molecule has 5 heteroatoms. The Balaban J connectivity index is 1.54. The van der Waals surface area contributed by atoms with Crippen LogP contribution in [0.3, 0.4) is 0 Å². The van der Waals surface area contributed by atoms with Gasteiger partial charge in [0.1, 0.15) is 0 Å². The van der Waals surface area contributed by atoms with Crippen LogP contribution < -0.4 is 0 Å². The van der Waals surface area contributed by atoms with E-state index < -0.39 is 5.60 Å². The van der Waals surface area contributed by atoms with E-state index in [4.69, 9.17) is 4.74 Å². The molecule has 26 heavy (non-hydrogen) atoms. The van der Waals surface area contributed by atoms with Crippen molar-refractivity contribution >= 4 is 5.91 Å². The first-order chi connectivity index (χ1) is 12.6. The number of hydrogen-bond acceptors (Lipinski definition) is 4. The fourth-order valence-electron chi connectivity index (χ4n) is 3.97. The number of amides is 1. The zero-order valence-corrected chi connectivity index (χ0v) is 15.7. The van der Waals surface area contributed by atoms with Gasteiger partial charge < -0.3 is 14.7 Å². The zero-order valence-electron chi connectivity index (χ0n) is 15.7. The highest BCUT2D eigenvalue weighted by molar-refractivity contribution is 5.77. The van der Waals surface area contributed by atoms with Gasteiger partial charge in [-0.3, -0.25) is 9.69 Å². The Morgan fingerprint density at radius 3 is 2.77 bits per heavy atom. The van der Waals surface area contributed by atoms with E-state index in [9.17, 15) is 9.90 Å². The maximum atomic E-state index is 12.7. The number of benzene rings is 1. The van der Waals surface area contributed by atoms with E-state index in [0.29, 0.717) is 26.1 Å². The average molecular weight is 358 g/mol. The van der Waals surface area contributed by atoms with Crippen molar-refractivity contribution in [1.82, 2.24) is 9.80 Å². The molecule has 1 atom stereocenters. The molecule has 0 aliphatic carbocycles. The van der Waals surface area contributed by atoms with Gasteiger partial charge in [0.05, 0.1) is 18.6 Å². The lowest BCUT2D eigenvalue weighted by Gasteiger charge is -2.40. The molecule has 0 saturated carbocycles. The van der Waals surface area contributed by atoms with Crippen molar-refractivity contribution < 1.29 is 14.6 Å². The van der Waals surface area contributed by atoms with E-state index in [2.05, 4.69) is 23.1 Å². The second kappa shape index (κ2) is 8.80. The average Bonchev–Trinajstić information content (AvgIpc) is 2.63.